The zero-order chi connectivity index (χ0) is 18.8. The fraction of sp³-hybridized carbons (Fsp3) is 0.600. The molecule has 3 N–H and O–H groups in total. The van der Waals surface area contributed by atoms with E-state index in [9.17, 15) is 9.59 Å². The lowest BCUT2D eigenvalue weighted by Gasteiger charge is -2.34. The smallest absolute Gasteiger partial charge is 0.239 e. The van der Waals surface area contributed by atoms with Gasteiger partial charge in [0, 0.05) is 18.8 Å². The Balaban J connectivity index is 2.09. The molecule has 1 aliphatic rings. The van der Waals surface area contributed by atoms with Crippen LogP contribution in [0.5, 0.6) is 0 Å². The van der Waals surface area contributed by atoms with Crippen LogP contribution in [0, 0.1) is 11.8 Å². The molecule has 1 fully saturated rings. The number of hydrogen-bond acceptors (Lipinski definition) is 3. The second-order valence-corrected chi connectivity index (χ2v) is 7.84. The van der Waals surface area contributed by atoms with Crippen molar-refractivity contribution in [2.24, 2.45) is 17.6 Å². The van der Waals surface area contributed by atoms with Gasteiger partial charge in [-0.1, -0.05) is 39.8 Å². The third-order valence-corrected chi connectivity index (χ3v) is 5.50. The molecule has 1 aromatic carbocycles. The molecule has 1 aromatic rings. The van der Waals surface area contributed by atoms with Gasteiger partial charge in [-0.25, -0.2) is 0 Å². The molecule has 0 aromatic heterocycles. The molecule has 2 rings (SSSR count). The molecule has 138 valence electrons. The summed E-state index contributed by atoms with van der Waals surface area (Å²) in [5.74, 6) is -0.329. The summed E-state index contributed by atoms with van der Waals surface area (Å²) in [4.78, 5) is 27.1. The van der Waals surface area contributed by atoms with Crippen LogP contribution in [0.4, 0.5) is 5.69 Å². The Morgan fingerprint density at radius 2 is 1.88 bits per heavy atom. The summed E-state index contributed by atoms with van der Waals surface area (Å²) in [5.41, 5.74) is 7.43. The quantitative estimate of drug-likeness (QED) is 0.778. The normalized spacial score (nSPS) is 20.2. The van der Waals surface area contributed by atoms with Crippen LogP contribution in [0.15, 0.2) is 24.3 Å². The number of benzene rings is 1. The minimum Gasteiger partial charge on any atom is -0.349 e. The first-order chi connectivity index (χ1) is 11.7. The fourth-order valence-electron chi connectivity index (χ4n) is 3.02. The van der Waals surface area contributed by atoms with E-state index >= 15 is 0 Å². The van der Waals surface area contributed by atoms with Crippen molar-refractivity contribution < 1.29 is 9.59 Å². The maximum Gasteiger partial charge on any atom is 0.239 e. The molecule has 0 spiro atoms. The van der Waals surface area contributed by atoms with Crippen molar-refractivity contribution >= 4 is 17.5 Å². The second-order valence-electron chi connectivity index (χ2n) is 7.84. The van der Waals surface area contributed by atoms with E-state index in [1.165, 1.54) is 5.56 Å². The summed E-state index contributed by atoms with van der Waals surface area (Å²) in [6.45, 7) is 11.2. The molecule has 2 unspecified atom stereocenters. The highest BCUT2D eigenvalue weighted by atomic mass is 16.2. The van der Waals surface area contributed by atoms with Gasteiger partial charge in [-0.3, -0.25) is 9.59 Å². The highest BCUT2D eigenvalue weighted by Crippen LogP contribution is 2.28. The Morgan fingerprint density at radius 3 is 2.36 bits per heavy atom. The van der Waals surface area contributed by atoms with E-state index in [2.05, 4.69) is 19.2 Å². The highest BCUT2D eigenvalue weighted by molar-refractivity contribution is 6.09. The van der Waals surface area contributed by atoms with Crippen molar-refractivity contribution in [1.82, 2.24) is 5.32 Å². The predicted octanol–water partition coefficient (Wildman–Crippen LogP) is 2.65. The first-order valence-corrected chi connectivity index (χ1v) is 9.13. The van der Waals surface area contributed by atoms with Crippen molar-refractivity contribution in [2.75, 3.05) is 18.0 Å². The van der Waals surface area contributed by atoms with E-state index in [1.807, 2.05) is 45.0 Å². The van der Waals surface area contributed by atoms with Gasteiger partial charge in [0.05, 0.1) is 5.54 Å². The Hall–Kier alpha value is -1.88. The molecule has 2 atom stereocenters. The lowest BCUT2D eigenvalue weighted by atomic mass is 9.87. The summed E-state index contributed by atoms with van der Waals surface area (Å²) < 4.78 is 0. The summed E-state index contributed by atoms with van der Waals surface area (Å²) in [5, 5.41) is 3.00. The largest absolute Gasteiger partial charge is 0.349 e. The summed E-state index contributed by atoms with van der Waals surface area (Å²) in [7, 11) is 0. The van der Waals surface area contributed by atoms with Crippen LogP contribution in [-0.4, -0.2) is 30.4 Å². The van der Waals surface area contributed by atoms with Crippen LogP contribution < -0.4 is 16.0 Å². The first kappa shape index (κ1) is 19.4. The van der Waals surface area contributed by atoms with Gasteiger partial charge < -0.3 is 16.0 Å². The van der Waals surface area contributed by atoms with Crippen LogP contribution in [0.2, 0.25) is 0 Å². The van der Waals surface area contributed by atoms with Gasteiger partial charge in [0.25, 0.3) is 0 Å². The molecule has 1 aliphatic heterocycles. The molecule has 0 saturated carbocycles. The van der Waals surface area contributed by atoms with Gasteiger partial charge in [-0.15, -0.1) is 0 Å². The van der Waals surface area contributed by atoms with Crippen molar-refractivity contribution in [1.29, 1.82) is 0 Å². The topological polar surface area (TPSA) is 75.4 Å². The Kier molecular flexibility index (Phi) is 5.88. The minimum absolute atomic E-state index is 0.127. The molecule has 5 heteroatoms. The second kappa shape index (κ2) is 7.56. The molecule has 2 amide bonds. The van der Waals surface area contributed by atoms with E-state index in [4.69, 9.17) is 5.73 Å². The molecule has 5 nitrogen and oxygen atoms in total. The molecule has 0 radical (unpaired) electrons. The van der Waals surface area contributed by atoms with Crippen LogP contribution in [0.1, 0.15) is 52.5 Å². The number of nitrogens with two attached hydrogens (primary N) is 1. The Bertz CT molecular complexity index is 624. The lowest BCUT2D eigenvalue weighted by Crippen LogP contribution is -2.57. The molecule has 0 bridgehead atoms. The number of carbonyl (C=O) groups is 2. The van der Waals surface area contributed by atoms with Gasteiger partial charge in [-0.05, 0) is 42.9 Å². The van der Waals surface area contributed by atoms with E-state index in [1.54, 1.807) is 4.90 Å². The van der Waals surface area contributed by atoms with E-state index in [0.717, 1.165) is 5.69 Å². The van der Waals surface area contributed by atoms with Crippen molar-refractivity contribution in [3.05, 3.63) is 29.8 Å². The van der Waals surface area contributed by atoms with Crippen LogP contribution in [0.3, 0.4) is 0 Å². The molecular weight excluding hydrogens is 314 g/mol. The maximum absolute atomic E-state index is 12.7. The van der Waals surface area contributed by atoms with E-state index in [0.29, 0.717) is 25.4 Å². The van der Waals surface area contributed by atoms with Gasteiger partial charge >= 0.3 is 0 Å². The summed E-state index contributed by atoms with van der Waals surface area (Å²) in [6.07, 6.45) is 0.537. The average molecular weight is 345 g/mol. The molecule has 1 saturated heterocycles. The number of anilines is 1. The first-order valence-electron chi connectivity index (χ1n) is 9.13. The molecule has 25 heavy (non-hydrogen) atoms. The van der Waals surface area contributed by atoms with Crippen LogP contribution in [-0.2, 0) is 9.59 Å². The Morgan fingerprint density at radius 1 is 1.28 bits per heavy atom. The van der Waals surface area contributed by atoms with Gasteiger partial charge in [0.15, 0.2) is 0 Å². The zero-order valence-electron chi connectivity index (χ0n) is 16.0. The number of amides is 2. The number of rotatable bonds is 6. The molecule has 1 heterocycles. The van der Waals surface area contributed by atoms with Crippen LogP contribution in [0.25, 0.3) is 0 Å². The van der Waals surface area contributed by atoms with E-state index in [-0.39, 0.29) is 17.7 Å². The minimum atomic E-state index is -0.630. The van der Waals surface area contributed by atoms with Gasteiger partial charge in [-0.2, -0.15) is 0 Å². The fourth-order valence-corrected chi connectivity index (χ4v) is 3.02. The number of hydrogen-bond donors (Lipinski definition) is 2. The third-order valence-electron chi connectivity index (χ3n) is 5.50. The van der Waals surface area contributed by atoms with Gasteiger partial charge in [0.1, 0.15) is 5.92 Å². The van der Waals surface area contributed by atoms with Crippen LogP contribution >= 0.6 is 0 Å². The standard InChI is InChI=1S/C20H31N3O2/c1-13(2)15-6-8-16(9-7-15)23-11-10-17(19(23)25)18(24)22-20(5,12-21)14(3)4/h6-9,13-14,17H,10-12,21H2,1-5H3,(H,22,24). The third kappa shape index (κ3) is 4.03. The average Bonchev–Trinajstić information content (AvgIpc) is 2.96. The monoisotopic (exact) mass is 345 g/mol. The lowest BCUT2D eigenvalue weighted by molar-refractivity contribution is -0.133. The maximum atomic E-state index is 12.7. The number of carbonyl (C=O) groups excluding carboxylic acids is 2. The van der Waals surface area contributed by atoms with E-state index < -0.39 is 11.5 Å². The zero-order valence-corrected chi connectivity index (χ0v) is 16.0. The number of nitrogens with zero attached hydrogens (tertiary/aromatic N) is 1. The van der Waals surface area contributed by atoms with Crippen molar-refractivity contribution in [3.63, 3.8) is 0 Å². The number of nitrogens with one attached hydrogen (secondary N) is 1. The molecular formula is C20H31N3O2. The highest BCUT2D eigenvalue weighted by Gasteiger charge is 2.40. The molecule has 0 aliphatic carbocycles. The van der Waals surface area contributed by atoms with Crippen molar-refractivity contribution in [2.45, 2.75) is 52.5 Å². The van der Waals surface area contributed by atoms with Crippen molar-refractivity contribution in [3.8, 4) is 0 Å². The van der Waals surface area contributed by atoms with Gasteiger partial charge in [0.2, 0.25) is 11.8 Å². The predicted molar refractivity (Wildman–Crippen MR) is 101 cm³/mol. The summed E-state index contributed by atoms with van der Waals surface area (Å²) >= 11 is 0. The summed E-state index contributed by atoms with van der Waals surface area (Å²) in [6, 6.07) is 8.02. The Labute approximate surface area is 151 Å². The SMILES string of the molecule is CC(C)c1ccc(N2CCC(C(=O)NC(C)(CN)C(C)C)C2=O)cc1.